The molecule has 39 heavy (non-hydrogen) atoms. The van der Waals surface area contributed by atoms with Gasteiger partial charge < -0.3 is 34.1 Å². The van der Waals surface area contributed by atoms with Crippen LogP contribution in [0.5, 0.6) is 0 Å². The van der Waals surface area contributed by atoms with Crippen molar-refractivity contribution in [3.63, 3.8) is 0 Å². The van der Waals surface area contributed by atoms with Gasteiger partial charge in [0.1, 0.15) is 37.6 Å². The predicted octanol–water partition coefficient (Wildman–Crippen LogP) is 3.73. The molecule has 1 amide bonds. The average Bonchev–Trinajstić information content (AvgIpc) is 2.96. The van der Waals surface area contributed by atoms with Gasteiger partial charge in [-0.2, -0.15) is 0 Å². The number of carbonyl (C=O) groups excluding carboxylic acids is 2. The van der Waals surface area contributed by atoms with Crippen LogP contribution >= 0.6 is 0 Å². The van der Waals surface area contributed by atoms with E-state index in [1.165, 1.54) is 6.92 Å². The van der Waals surface area contributed by atoms with Gasteiger partial charge in [0.25, 0.3) is 0 Å². The van der Waals surface area contributed by atoms with Gasteiger partial charge in [-0.1, -0.05) is 91.0 Å². The average molecular weight is 536 g/mol. The molecule has 0 radical (unpaired) electrons. The third kappa shape index (κ3) is 8.62. The molecule has 0 bridgehead atoms. The molecule has 1 saturated heterocycles. The van der Waals surface area contributed by atoms with Crippen molar-refractivity contribution in [1.82, 2.24) is 5.32 Å². The van der Waals surface area contributed by atoms with E-state index in [0.717, 1.165) is 16.7 Å². The highest BCUT2D eigenvalue weighted by atomic mass is 16.7. The zero-order chi connectivity index (χ0) is 27.5. The molecule has 1 aliphatic heterocycles. The Hall–Kier alpha value is -3.76. The van der Waals surface area contributed by atoms with Crippen LogP contribution in [0.25, 0.3) is 0 Å². The summed E-state index contributed by atoms with van der Waals surface area (Å²) in [5.74, 6) is -0.515. The number of hydrogen-bond acceptors (Lipinski definition) is 8. The lowest BCUT2D eigenvalue weighted by molar-refractivity contribution is -0.282. The largest absolute Gasteiger partial charge is 0.463 e. The minimum Gasteiger partial charge on any atom is -0.463 e. The fourth-order valence-corrected chi connectivity index (χ4v) is 4.17. The summed E-state index contributed by atoms with van der Waals surface area (Å²) in [6.45, 7) is 1.45. The Morgan fingerprint density at radius 2 is 1.28 bits per heavy atom. The van der Waals surface area contributed by atoms with Crippen LogP contribution in [0.15, 0.2) is 91.0 Å². The molecule has 1 aliphatic rings. The van der Waals surface area contributed by atoms with Crippen molar-refractivity contribution in [2.24, 2.45) is 0 Å². The molecule has 9 nitrogen and oxygen atoms in total. The molecule has 2 N–H and O–H groups in total. The molecular formula is C30H33NO8. The van der Waals surface area contributed by atoms with Gasteiger partial charge in [0, 0.05) is 6.92 Å². The molecule has 4 rings (SSSR count). The first-order valence-corrected chi connectivity index (χ1v) is 12.7. The number of amides is 1. The molecule has 3 aromatic carbocycles. The molecule has 9 heteroatoms. The van der Waals surface area contributed by atoms with Gasteiger partial charge in [0.05, 0.1) is 13.2 Å². The maximum atomic E-state index is 12.9. The van der Waals surface area contributed by atoms with Crippen LogP contribution in [0.4, 0.5) is 4.79 Å². The van der Waals surface area contributed by atoms with Gasteiger partial charge in [-0.05, 0) is 16.7 Å². The number of benzene rings is 3. The fourth-order valence-electron chi connectivity index (χ4n) is 4.17. The van der Waals surface area contributed by atoms with Crippen LogP contribution in [0, 0.1) is 0 Å². The highest BCUT2D eigenvalue weighted by molar-refractivity contribution is 5.68. The van der Waals surface area contributed by atoms with E-state index in [9.17, 15) is 14.7 Å². The van der Waals surface area contributed by atoms with Gasteiger partial charge in [0.2, 0.25) is 0 Å². The highest BCUT2D eigenvalue weighted by Crippen LogP contribution is 2.27. The quantitative estimate of drug-likeness (QED) is 0.357. The molecule has 0 aliphatic carbocycles. The smallest absolute Gasteiger partial charge is 0.407 e. The lowest BCUT2D eigenvalue weighted by atomic mass is 9.96. The zero-order valence-corrected chi connectivity index (χ0v) is 21.7. The number of ether oxygens (including phenoxy) is 5. The van der Waals surface area contributed by atoms with Crippen LogP contribution in [0.2, 0.25) is 0 Å². The first-order chi connectivity index (χ1) is 19.0. The summed E-state index contributed by atoms with van der Waals surface area (Å²) in [4.78, 5) is 24.4. The summed E-state index contributed by atoms with van der Waals surface area (Å²) >= 11 is 0. The molecule has 0 saturated carbocycles. The Balaban J connectivity index is 1.53. The van der Waals surface area contributed by atoms with E-state index < -0.39 is 42.7 Å². The number of nitrogens with one attached hydrogen (secondary N) is 1. The van der Waals surface area contributed by atoms with Crippen LogP contribution in [0.1, 0.15) is 23.6 Å². The van der Waals surface area contributed by atoms with E-state index in [0.29, 0.717) is 0 Å². The number of alkyl carbamates (subject to hydrolysis) is 1. The minimum absolute atomic E-state index is 0.0585. The maximum Gasteiger partial charge on any atom is 0.407 e. The third-order valence-electron chi connectivity index (χ3n) is 6.16. The van der Waals surface area contributed by atoms with E-state index in [1.807, 2.05) is 91.0 Å². The lowest BCUT2D eigenvalue weighted by Gasteiger charge is -2.44. The number of carbonyl (C=O) groups is 2. The molecule has 0 spiro atoms. The summed E-state index contributed by atoms with van der Waals surface area (Å²) in [5, 5.41) is 14.0. The summed E-state index contributed by atoms with van der Waals surface area (Å²) < 4.78 is 28.8. The number of hydrogen-bond donors (Lipinski definition) is 2. The maximum absolute atomic E-state index is 12.9. The van der Waals surface area contributed by atoms with Gasteiger partial charge in [-0.25, -0.2) is 4.79 Å². The van der Waals surface area contributed by atoms with Crippen molar-refractivity contribution in [1.29, 1.82) is 0 Å². The molecule has 0 unspecified atom stereocenters. The first-order valence-electron chi connectivity index (χ1n) is 12.7. The molecule has 1 heterocycles. The Labute approximate surface area is 227 Å². The van der Waals surface area contributed by atoms with Crippen LogP contribution in [-0.2, 0) is 48.3 Å². The Kier molecular flexibility index (Phi) is 10.4. The normalized spacial score (nSPS) is 22.6. The summed E-state index contributed by atoms with van der Waals surface area (Å²) in [6.07, 6.45) is -4.93. The van der Waals surface area contributed by atoms with Crippen molar-refractivity contribution in [2.45, 2.75) is 57.4 Å². The van der Waals surface area contributed by atoms with E-state index >= 15 is 0 Å². The van der Waals surface area contributed by atoms with Crippen LogP contribution in [-0.4, -0.2) is 54.4 Å². The monoisotopic (exact) mass is 535 g/mol. The van der Waals surface area contributed by atoms with E-state index in [-0.39, 0.29) is 26.4 Å². The van der Waals surface area contributed by atoms with Crippen molar-refractivity contribution < 1.29 is 38.4 Å². The van der Waals surface area contributed by atoms with E-state index in [1.54, 1.807) is 0 Å². The SMILES string of the molecule is CC(=O)OC[C@H]1O[C@H](OCc2ccccc2)[C@H](NC(=O)OCc2ccccc2)[C@@H](OCc2ccccc2)[C@@H]1O. The molecule has 5 atom stereocenters. The Morgan fingerprint density at radius 1 is 0.769 bits per heavy atom. The van der Waals surface area contributed by atoms with Crippen molar-refractivity contribution in [3.05, 3.63) is 108 Å². The molecular weight excluding hydrogens is 502 g/mol. The van der Waals surface area contributed by atoms with Crippen molar-refractivity contribution in [3.8, 4) is 0 Å². The second-order valence-corrected chi connectivity index (χ2v) is 9.13. The van der Waals surface area contributed by atoms with Gasteiger partial charge >= 0.3 is 12.1 Å². The predicted molar refractivity (Wildman–Crippen MR) is 141 cm³/mol. The Bertz CT molecular complexity index is 1160. The van der Waals surface area contributed by atoms with Crippen LogP contribution < -0.4 is 5.32 Å². The molecule has 206 valence electrons. The number of rotatable bonds is 11. The highest BCUT2D eigenvalue weighted by Gasteiger charge is 2.48. The summed E-state index contributed by atoms with van der Waals surface area (Å²) in [6, 6.07) is 27.2. The number of esters is 1. The standard InChI is InChI=1S/C30H33NO8/c1-21(32)35-20-25-27(33)28(36-17-22-11-5-2-6-12-22)26(29(39-25)37-18-23-13-7-3-8-14-23)31-30(34)38-19-24-15-9-4-10-16-24/h2-16,25-29,33H,17-20H2,1H3,(H,31,34)/t25-,26-,27-,28-,29+/m1/s1. The molecule has 3 aromatic rings. The fraction of sp³-hybridized carbons (Fsp3) is 0.333. The number of aliphatic hydroxyl groups excluding tert-OH is 1. The summed E-state index contributed by atoms with van der Waals surface area (Å²) in [5.41, 5.74) is 2.58. The molecule has 1 fully saturated rings. The Morgan fingerprint density at radius 3 is 1.82 bits per heavy atom. The molecule has 0 aromatic heterocycles. The van der Waals surface area contributed by atoms with E-state index in [2.05, 4.69) is 5.32 Å². The van der Waals surface area contributed by atoms with Crippen molar-refractivity contribution in [2.75, 3.05) is 6.61 Å². The second-order valence-electron chi connectivity index (χ2n) is 9.13. The van der Waals surface area contributed by atoms with E-state index in [4.69, 9.17) is 23.7 Å². The first kappa shape index (κ1) is 28.3. The second kappa shape index (κ2) is 14.4. The zero-order valence-electron chi connectivity index (χ0n) is 21.7. The van der Waals surface area contributed by atoms with Crippen molar-refractivity contribution >= 4 is 12.1 Å². The third-order valence-corrected chi connectivity index (χ3v) is 6.16. The minimum atomic E-state index is -1.25. The van der Waals surface area contributed by atoms with Gasteiger partial charge in [0.15, 0.2) is 6.29 Å². The lowest BCUT2D eigenvalue weighted by Crippen LogP contribution is -2.65. The topological polar surface area (TPSA) is 113 Å². The summed E-state index contributed by atoms with van der Waals surface area (Å²) in [7, 11) is 0. The van der Waals surface area contributed by atoms with Gasteiger partial charge in [-0.15, -0.1) is 0 Å². The number of aliphatic hydroxyl groups is 1. The van der Waals surface area contributed by atoms with Crippen LogP contribution in [0.3, 0.4) is 0 Å². The van der Waals surface area contributed by atoms with Gasteiger partial charge in [-0.3, -0.25) is 4.79 Å².